The average molecular weight is 493 g/mol. The van der Waals surface area contributed by atoms with Gasteiger partial charge in [-0.3, -0.25) is 0 Å². The third-order valence-corrected chi connectivity index (χ3v) is 7.38. The molecule has 0 aromatic heterocycles. The molecule has 3 aromatic rings. The summed E-state index contributed by atoms with van der Waals surface area (Å²) in [5, 5.41) is 9.16. The van der Waals surface area contributed by atoms with Crippen LogP contribution in [0.1, 0.15) is 37.4 Å². The van der Waals surface area contributed by atoms with Gasteiger partial charge in [0.1, 0.15) is 4.90 Å². The molecule has 1 aliphatic rings. The molecule has 0 atom stereocenters. The fourth-order valence-corrected chi connectivity index (χ4v) is 5.49. The molecule has 6 nitrogen and oxygen atoms in total. The SMILES string of the molecule is CC(C)CN1CCCN(c2ccc(S(N)(=O)=O)c(NC(c3ccccc3)c3ccccc3)c2)CC1. The van der Waals surface area contributed by atoms with Crippen molar-refractivity contribution in [2.24, 2.45) is 11.1 Å². The van der Waals surface area contributed by atoms with Gasteiger partial charge in [-0.2, -0.15) is 0 Å². The van der Waals surface area contributed by atoms with E-state index < -0.39 is 10.0 Å². The van der Waals surface area contributed by atoms with E-state index in [1.54, 1.807) is 6.07 Å². The monoisotopic (exact) mass is 492 g/mol. The standard InChI is InChI=1S/C28H36N4O2S/c1-22(2)21-31-16-9-17-32(19-18-31)25-14-15-27(35(29,33)34)26(20-25)30-28(23-10-5-3-6-11-23)24-12-7-4-8-13-24/h3-8,10-15,20,22,28,30H,9,16-19,21H2,1-2H3,(H2,29,33,34). The van der Waals surface area contributed by atoms with E-state index in [1.807, 2.05) is 72.8 Å². The Bertz CT molecular complexity index is 1160. The molecule has 4 rings (SSSR count). The van der Waals surface area contributed by atoms with Crippen LogP contribution in [0.5, 0.6) is 0 Å². The summed E-state index contributed by atoms with van der Waals surface area (Å²) in [5.41, 5.74) is 3.62. The van der Waals surface area contributed by atoms with Crippen molar-refractivity contribution in [2.45, 2.75) is 31.2 Å². The van der Waals surface area contributed by atoms with Crippen LogP contribution in [-0.4, -0.2) is 46.0 Å². The van der Waals surface area contributed by atoms with Gasteiger partial charge in [0.25, 0.3) is 0 Å². The number of sulfonamides is 1. The van der Waals surface area contributed by atoms with Gasteiger partial charge in [-0.25, -0.2) is 13.6 Å². The van der Waals surface area contributed by atoms with Gasteiger partial charge in [0.2, 0.25) is 10.0 Å². The first-order valence-corrected chi connectivity index (χ1v) is 13.9. The quantitative estimate of drug-likeness (QED) is 0.476. The Kier molecular flexibility index (Phi) is 8.11. The van der Waals surface area contributed by atoms with Crippen LogP contribution in [0.4, 0.5) is 11.4 Å². The minimum absolute atomic E-state index is 0.106. The third kappa shape index (κ3) is 6.63. The van der Waals surface area contributed by atoms with E-state index in [4.69, 9.17) is 5.14 Å². The molecular weight excluding hydrogens is 456 g/mol. The summed E-state index contributed by atoms with van der Waals surface area (Å²) >= 11 is 0. The van der Waals surface area contributed by atoms with Crippen molar-refractivity contribution in [3.63, 3.8) is 0 Å². The van der Waals surface area contributed by atoms with Crippen molar-refractivity contribution in [3.8, 4) is 0 Å². The van der Waals surface area contributed by atoms with Gasteiger partial charge in [-0.15, -0.1) is 0 Å². The molecule has 3 N–H and O–H groups in total. The van der Waals surface area contributed by atoms with Gasteiger partial charge in [-0.05, 0) is 48.2 Å². The molecule has 3 aromatic carbocycles. The van der Waals surface area contributed by atoms with E-state index in [2.05, 4.69) is 29.0 Å². The fourth-order valence-electron chi connectivity index (χ4n) is 4.81. The maximum absolute atomic E-state index is 12.5. The summed E-state index contributed by atoms with van der Waals surface area (Å²) < 4.78 is 25.0. The molecule has 1 saturated heterocycles. The number of anilines is 2. The first-order valence-electron chi connectivity index (χ1n) is 12.3. The molecule has 0 radical (unpaired) electrons. The molecule has 7 heteroatoms. The van der Waals surface area contributed by atoms with Crippen LogP contribution in [0.25, 0.3) is 0 Å². The van der Waals surface area contributed by atoms with E-state index >= 15 is 0 Å². The second-order valence-electron chi connectivity index (χ2n) is 9.66. The highest BCUT2D eigenvalue weighted by molar-refractivity contribution is 7.89. The number of nitrogens with two attached hydrogens (primary N) is 1. The van der Waals surface area contributed by atoms with E-state index in [-0.39, 0.29) is 10.9 Å². The number of nitrogens with one attached hydrogen (secondary N) is 1. The number of rotatable bonds is 8. The average Bonchev–Trinajstić information content (AvgIpc) is 3.08. The molecule has 1 fully saturated rings. The molecule has 0 spiro atoms. The summed E-state index contributed by atoms with van der Waals surface area (Å²) in [5.74, 6) is 0.638. The predicted octanol–water partition coefficient (Wildman–Crippen LogP) is 4.70. The summed E-state index contributed by atoms with van der Waals surface area (Å²) in [6.45, 7) is 9.52. The smallest absolute Gasteiger partial charge is 0.240 e. The van der Waals surface area contributed by atoms with Crippen molar-refractivity contribution in [2.75, 3.05) is 42.9 Å². The highest BCUT2D eigenvalue weighted by Crippen LogP contribution is 2.33. The van der Waals surface area contributed by atoms with Gasteiger partial charge in [0.15, 0.2) is 0 Å². The van der Waals surface area contributed by atoms with Crippen molar-refractivity contribution in [1.82, 2.24) is 4.90 Å². The Morgan fingerprint density at radius 1 is 0.857 bits per heavy atom. The Balaban J connectivity index is 1.68. The molecular formula is C28H36N4O2S. The maximum atomic E-state index is 12.5. The van der Waals surface area contributed by atoms with Crippen LogP contribution in [-0.2, 0) is 10.0 Å². The molecule has 0 aliphatic carbocycles. The van der Waals surface area contributed by atoms with E-state index in [0.717, 1.165) is 56.0 Å². The molecule has 1 heterocycles. The minimum atomic E-state index is -3.91. The topological polar surface area (TPSA) is 78.7 Å². The van der Waals surface area contributed by atoms with Gasteiger partial charge >= 0.3 is 0 Å². The summed E-state index contributed by atoms with van der Waals surface area (Å²) in [6, 6.07) is 25.3. The van der Waals surface area contributed by atoms with E-state index in [1.165, 1.54) is 0 Å². The zero-order valence-corrected chi connectivity index (χ0v) is 21.4. The minimum Gasteiger partial charge on any atom is -0.373 e. The molecule has 35 heavy (non-hydrogen) atoms. The van der Waals surface area contributed by atoms with Crippen LogP contribution in [0.3, 0.4) is 0 Å². The van der Waals surface area contributed by atoms with Crippen molar-refractivity contribution >= 4 is 21.4 Å². The van der Waals surface area contributed by atoms with Gasteiger partial charge in [0.05, 0.1) is 11.7 Å². The predicted molar refractivity (Wildman–Crippen MR) is 144 cm³/mol. The van der Waals surface area contributed by atoms with Crippen LogP contribution in [0.15, 0.2) is 83.8 Å². The molecule has 0 unspecified atom stereocenters. The van der Waals surface area contributed by atoms with E-state index in [9.17, 15) is 8.42 Å². The van der Waals surface area contributed by atoms with Crippen LogP contribution in [0.2, 0.25) is 0 Å². The van der Waals surface area contributed by atoms with Gasteiger partial charge in [0, 0.05) is 31.9 Å². The zero-order chi connectivity index (χ0) is 24.8. The van der Waals surface area contributed by atoms with Gasteiger partial charge < -0.3 is 15.1 Å². The Labute approximate surface area is 209 Å². The zero-order valence-electron chi connectivity index (χ0n) is 20.6. The van der Waals surface area contributed by atoms with Crippen molar-refractivity contribution in [1.29, 1.82) is 0 Å². The molecule has 0 bridgehead atoms. The van der Waals surface area contributed by atoms with Crippen LogP contribution < -0.4 is 15.4 Å². The Morgan fingerprint density at radius 3 is 2.06 bits per heavy atom. The lowest BCUT2D eigenvalue weighted by molar-refractivity contribution is 0.261. The summed E-state index contributed by atoms with van der Waals surface area (Å²) in [4.78, 5) is 4.97. The second kappa shape index (κ2) is 11.2. The van der Waals surface area contributed by atoms with E-state index in [0.29, 0.717) is 11.6 Å². The Morgan fingerprint density at radius 2 is 1.49 bits per heavy atom. The lowest BCUT2D eigenvalue weighted by Crippen LogP contribution is -2.33. The molecule has 186 valence electrons. The molecule has 1 aliphatic heterocycles. The third-order valence-electron chi connectivity index (χ3n) is 6.41. The number of nitrogens with zero attached hydrogens (tertiary/aromatic N) is 2. The number of hydrogen-bond acceptors (Lipinski definition) is 5. The fraction of sp³-hybridized carbons (Fsp3) is 0.357. The maximum Gasteiger partial charge on any atom is 0.240 e. The largest absolute Gasteiger partial charge is 0.373 e. The normalized spacial score (nSPS) is 15.4. The number of primary sulfonamides is 1. The first-order chi connectivity index (χ1) is 16.8. The van der Waals surface area contributed by atoms with Crippen molar-refractivity contribution < 1.29 is 8.42 Å². The number of benzene rings is 3. The first kappa shape index (κ1) is 25.2. The second-order valence-corrected chi connectivity index (χ2v) is 11.2. The number of hydrogen-bond donors (Lipinski definition) is 2. The van der Waals surface area contributed by atoms with Crippen LogP contribution >= 0.6 is 0 Å². The Hall–Kier alpha value is -2.87. The highest BCUT2D eigenvalue weighted by atomic mass is 32.2. The summed E-state index contributed by atoms with van der Waals surface area (Å²) in [6.07, 6.45) is 1.07. The van der Waals surface area contributed by atoms with Crippen molar-refractivity contribution in [3.05, 3.63) is 90.0 Å². The summed E-state index contributed by atoms with van der Waals surface area (Å²) in [7, 11) is -3.91. The van der Waals surface area contributed by atoms with Crippen LogP contribution in [0, 0.1) is 5.92 Å². The lowest BCUT2D eigenvalue weighted by atomic mass is 9.98. The lowest BCUT2D eigenvalue weighted by Gasteiger charge is -2.27. The molecule has 0 amide bonds. The highest BCUT2D eigenvalue weighted by Gasteiger charge is 2.22. The molecule has 0 saturated carbocycles. The van der Waals surface area contributed by atoms with Gasteiger partial charge in [-0.1, -0.05) is 74.5 Å².